The van der Waals surface area contributed by atoms with E-state index in [0.29, 0.717) is 11.8 Å². The smallest absolute Gasteiger partial charge is 0.303 e. The third kappa shape index (κ3) is 3.68. The van der Waals surface area contributed by atoms with E-state index >= 15 is 0 Å². The van der Waals surface area contributed by atoms with Gasteiger partial charge < -0.3 is 10.0 Å². The lowest BCUT2D eigenvalue weighted by atomic mass is 10.0. The first-order chi connectivity index (χ1) is 9.45. The normalized spacial score (nSPS) is 18.8. The summed E-state index contributed by atoms with van der Waals surface area (Å²) in [5.41, 5.74) is 0.993. The zero-order valence-electron chi connectivity index (χ0n) is 12.5. The van der Waals surface area contributed by atoms with Crippen molar-refractivity contribution in [3.63, 3.8) is 0 Å². The zero-order valence-corrected chi connectivity index (χ0v) is 12.5. The van der Waals surface area contributed by atoms with E-state index in [1.54, 1.807) is 0 Å². The molecule has 110 valence electrons. The van der Waals surface area contributed by atoms with Gasteiger partial charge in [0.15, 0.2) is 0 Å². The Bertz CT molecular complexity index is 488. The van der Waals surface area contributed by atoms with Gasteiger partial charge in [0.05, 0.1) is 0 Å². The molecular weight excluding hydrogens is 254 g/mol. The SMILES string of the molecule is Cc1cc(N2CCC(CCC(=O)O)C2)nc(C(C)C)n1. The fourth-order valence-electron chi connectivity index (χ4n) is 2.60. The minimum Gasteiger partial charge on any atom is -0.481 e. The molecule has 0 bridgehead atoms. The van der Waals surface area contributed by atoms with Crippen LogP contribution in [0.1, 0.15) is 50.5 Å². The number of carbonyl (C=O) groups is 1. The number of aryl methyl sites for hydroxylation is 1. The number of hydrogen-bond donors (Lipinski definition) is 1. The van der Waals surface area contributed by atoms with Crippen molar-refractivity contribution in [2.45, 2.75) is 46.0 Å². The quantitative estimate of drug-likeness (QED) is 0.896. The van der Waals surface area contributed by atoms with Gasteiger partial charge in [-0.15, -0.1) is 0 Å². The van der Waals surface area contributed by atoms with Crippen molar-refractivity contribution in [2.75, 3.05) is 18.0 Å². The van der Waals surface area contributed by atoms with Crippen LogP contribution in [0.15, 0.2) is 6.07 Å². The second-order valence-corrected chi connectivity index (χ2v) is 5.91. The molecule has 5 heteroatoms. The number of carboxylic acid groups (broad SMARTS) is 1. The Morgan fingerprint density at radius 3 is 2.90 bits per heavy atom. The number of aliphatic carboxylic acids is 1. The van der Waals surface area contributed by atoms with E-state index in [2.05, 4.69) is 28.7 Å². The van der Waals surface area contributed by atoms with Crippen molar-refractivity contribution >= 4 is 11.8 Å². The Morgan fingerprint density at radius 1 is 1.50 bits per heavy atom. The average molecular weight is 277 g/mol. The van der Waals surface area contributed by atoms with E-state index in [1.165, 1.54) is 0 Å². The van der Waals surface area contributed by atoms with Gasteiger partial charge in [0.1, 0.15) is 11.6 Å². The number of carboxylic acids is 1. The summed E-state index contributed by atoms with van der Waals surface area (Å²) in [5, 5.41) is 8.76. The summed E-state index contributed by atoms with van der Waals surface area (Å²) in [6, 6.07) is 2.02. The summed E-state index contributed by atoms with van der Waals surface area (Å²) in [7, 11) is 0. The maximum Gasteiger partial charge on any atom is 0.303 e. The van der Waals surface area contributed by atoms with Crippen LogP contribution in [0.3, 0.4) is 0 Å². The first-order valence-electron chi connectivity index (χ1n) is 7.28. The van der Waals surface area contributed by atoms with Gasteiger partial charge in [0.2, 0.25) is 0 Å². The summed E-state index contributed by atoms with van der Waals surface area (Å²) >= 11 is 0. The number of nitrogens with zero attached hydrogens (tertiary/aromatic N) is 3. The maximum atomic E-state index is 10.6. The van der Waals surface area contributed by atoms with E-state index in [4.69, 9.17) is 5.11 Å². The maximum absolute atomic E-state index is 10.6. The van der Waals surface area contributed by atoms with Crippen molar-refractivity contribution in [1.29, 1.82) is 0 Å². The minimum atomic E-state index is -0.705. The molecule has 1 atom stereocenters. The van der Waals surface area contributed by atoms with Crippen molar-refractivity contribution < 1.29 is 9.90 Å². The van der Waals surface area contributed by atoms with E-state index in [0.717, 1.165) is 43.3 Å². The largest absolute Gasteiger partial charge is 0.481 e. The molecular formula is C15H23N3O2. The number of anilines is 1. The molecule has 0 aromatic carbocycles. The van der Waals surface area contributed by atoms with Crippen molar-refractivity contribution in [1.82, 2.24) is 9.97 Å². The molecule has 0 saturated carbocycles. The lowest BCUT2D eigenvalue weighted by Gasteiger charge is -2.19. The molecule has 1 unspecified atom stereocenters. The van der Waals surface area contributed by atoms with E-state index in [9.17, 15) is 4.79 Å². The molecule has 0 radical (unpaired) electrons. The standard InChI is InChI=1S/C15H23N3O2/c1-10(2)15-16-11(3)8-13(17-15)18-7-6-12(9-18)4-5-14(19)20/h8,10,12H,4-7,9H2,1-3H3,(H,19,20). The molecule has 0 amide bonds. The molecule has 1 aliphatic heterocycles. The third-order valence-corrected chi connectivity index (χ3v) is 3.75. The Morgan fingerprint density at radius 2 is 2.25 bits per heavy atom. The van der Waals surface area contributed by atoms with Crippen LogP contribution in [0.2, 0.25) is 0 Å². The monoisotopic (exact) mass is 277 g/mol. The van der Waals surface area contributed by atoms with Crippen molar-refractivity contribution in [2.24, 2.45) is 5.92 Å². The van der Waals surface area contributed by atoms with Crippen LogP contribution in [0.5, 0.6) is 0 Å². The molecule has 1 saturated heterocycles. The molecule has 1 N–H and O–H groups in total. The highest BCUT2D eigenvalue weighted by atomic mass is 16.4. The van der Waals surface area contributed by atoms with Gasteiger partial charge in [-0.1, -0.05) is 13.8 Å². The van der Waals surface area contributed by atoms with Crippen LogP contribution in [0.25, 0.3) is 0 Å². The van der Waals surface area contributed by atoms with E-state index < -0.39 is 5.97 Å². The molecule has 2 heterocycles. The zero-order chi connectivity index (χ0) is 14.7. The summed E-state index contributed by atoms with van der Waals surface area (Å²) in [4.78, 5) is 22.0. The molecule has 1 aliphatic rings. The highest BCUT2D eigenvalue weighted by Crippen LogP contribution is 2.26. The van der Waals surface area contributed by atoms with Crippen molar-refractivity contribution in [3.8, 4) is 0 Å². The number of rotatable bonds is 5. The van der Waals surface area contributed by atoms with Crippen LogP contribution in [0.4, 0.5) is 5.82 Å². The van der Waals surface area contributed by atoms with Gasteiger partial charge in [-0.05, 0) is 25.7 Å². The summed E-state index contributed by atoms with van der Waals surface area (Å²) in [6.45, 7) is 8.05. The predicted octanol–water partition coefficient (Wildman–Crippen LogP) is 2.60. The topological polar surface area (TPSA) is 66.3 Å². The third-order valence-electron chi connectivity index (χ3n) is 3.75. The highest BCUT2D eigenvalue weighted by molar-refractivity contribution is 5.66. The second-order valence-electron chi connectivity index (χ2n) is 5.91. The predicted molar refractivity (Wildman–Crippen MR) is 78.0 cm³/mol. The summed E-state index contributed by atoms with van der Waals surface area (Å²) in [5.74, 6) is 1.94. The second kappa shape index (κ2) is 6.20. The van der Waals surface area contributed by atoms with E-state index in [-0.39, 0.29) is 6.42 Å². The molecule has 20 heavy (non-hydrogen) atoms. The molecule has 1 aromatic rings. The number of aromatic nitrogens is 2. The van der Waals surface area contributed by atoms with Crippen LogP contribution < -0.4 is 4.90 Å². The Hall–Kier alpha value is -1.65. The van der Waals surface area contributed by atoms with Gasteiger partial charge in [-0.2, -0.15) is 0 Å². The van der Waals surface area contributed by atoms with Crippen LogP contribution in [-0.4, -0.2) is 34.1 Å². The lowest BCUT2D eigenvalue weighted by molar-refractivity contribution is -0.137. The molecule has 1 fully saturated rings. The fraction of sp³-hybridized carbons (Fsp3) is 0.667. The van der Waals surface area contributed by atoms with Crippen LogP contribution >= 0.6 is 0 Å². The Labute approximate surface area is 120 Å². The minimum absolute atomic E-state index is 0.262. The fourth-order valence-corrected chi connectivity index (χ4v) is 2.60. The average Bonchev–Trinajstić information content (AvgIpc) is 2.84. The Kier molecular flexibility index (Phi) is 4.57. The summed E-state index contributed by atoms with van der Waals surface area (Å²) in [6.07, 6.45) is 2.07. The van der Waals surface area contributed by atoms with Gasteiger partial charge in [0, 0.05) is 37.2 Å². The van der Waals surface area contributed by atoms with Crippen molar-refractivity contribution in [3.05, 3.63) is 17.6 Å². The summed E-state index contributed by atoms with van der Waals surface area (Å²) < 4.78 is 0. The van der Waals surface area contributed by atoms with Gasteiger partial charge >= 0.3 is 5.97 Å². The number of hydrogen-bond acceptors (Lipinski definition) is 4. The van der Waals surface area contributed by atoms with Gasteiger partial charge in [-0.25, -0.2) is 9.97 Å². The molecule has 2 rings (SSSR count). The molecule has 0 aliphatic carbocycles. The first-order valence-corrected chi connectivity index (χ1v) is 7.28. The van der Waals surface area contributed by atoms with E-state index in [1.807, 2.05) is 13.0 Å². The molecule has 5 nitrogen and oxygen atoms in total. The van der Waals surface area contributed by atoms with Gasteiger partial charge in [0.25, 0.3) is 0 Å². The Balaban J connectivity index is 2.04. The van der Waals surface area contributed by atoms with Gasteiger partial charge in [-0.3, -0.25) is 4.79 Å². The van der Waals surface area contributed by atoms with Crippen LogP contribution in [0, 0.1) is 12.8 Å². The lowest BCUT2D eigenvalue weighted by Crippen LogP contribution is -2.22. The molecule has 1 aromatic heterocycles. The first kappa shape index (κ1) is 14.8. The highest BCUT2D eigenvalue weighted by Gasteiger charge is 2.24. The van der Waals surface area contributed by atoms with Crippen LogP contribution in [-0.2, 0) is 4.79 Å². The molecule has 0 spiro atoms.